The lowest BCUT2D eigenvalue weighted by Crippen LogP contribution is -1.96. The summed E-state index contributed by atoms with van der Waals surface area (Å²) in [5.41, 5.74) is 8.16. The van der Waals surface area contributed by atoms with Gasteiger partial charge in [0.25, 0.3) is 0 Å². The SMILES string of the molecule is COCc1nc(-c2c(N)cnn2C)cs1. The van der Waals surface area contributed by atoms with E-state index >= 15 is 0 Å². The molecule has 0 aliphatic heterocycles. The third kappa shape index (κ3) is 1.86. The van der Waals surface area contributed by atoms with E-state index in [1.165, 1.54) is 0 Å². The molecule has 5 nitrogen and oxygen atoms in total. The van der Waals surface area contributed by atoms with Crippen molar-refractivity contribution < 1.29 is 4.74 Å². The maximum Gasteiger partial charge on any atom is 0.119 e. The number of nitrogen functional groups attached to an aromatic ring is 1. The van der Waals surface area contributed by atoms with Crippen molar-refractivity contribution in [3.05, 3.63) is 16.6 Å². The van der Waals surface area contributed by atoms with Gasteiger partial charge in [-0.15, -0.1) is 11.3 Å². The first-order valence-corrected chi connectivity index (χ1v) is 5.31. The Balaban J connectivity index is 2.37. The Morgan fingerprint density at radius 1 is 1.60 bits per heavy atom. The predicted molar refractivity (Wildman–Crippen MR) is 59.4 cm³/mol. The predicted octanol–water partition coefficient (Wildman–Crippen LogP) is 1.27. The lowest BCUT2D eigenvalue weighted by Gasteiger charge is -1.98. The summed E-state index contributed by atoms with van der Waals surface area (Å²) in [5, 5.41) is 6.97. The summed E-state index contributed by atoms with van der Waals surface area (Å²) in [6, 6.07) is 0. The standard InChI is InChI=1S/C9H12N4OS/c1-13-9(6(10)3-11-13)7-5-15-8(12-7)4-14-2/h3,5H,4,10H2,1-2H3. The second-order valence-corrected chi connectivity index (χ2v) is 4.07. The smallest absolute Gasteiger partial charge is 0.119 e. The summed E-state index contributed by atoms with van der Waals surface area (Å²) in [7, 11) is 3.50. The number of aromatic nitrogens is 3. The van der Waals surface area contributed by atoms with Gasteiger partial charge < -0.3 is 10.5 Å². The summed E-state index contributed by atoms with van der Waals surface area (Å²) in [6.07, 6.45) is 1.63. The van der Waals surface area contributed by atoms with E-state index in [0.717, 1.165) is 16.4 Å². The van der Waals surface area contributed by atoms with Gasteiger partial charge in [-0.05, 0) is 0 Å². The van der Waals surface area contributed by atoms with Crippen LogP contribution in [0.25, 0.3) is 11.4 Å². The molecule has 2 aromatic rings. The van der Waals surface area contributed by atoms with E-state index in [1.807, 2.05) is 12.4 Å². The molecule has 0 amide bonds. The van der Waals surface area contributed by atoms with Gasteiger partial charge in [0.2, 0.25) is 0 Å². The van der Waals surface area contributed by atoms with E-state index in [-0.39, 0.29) is 0 Å². The number of nitrogens with two attached hydrogens (primary N) is 1. The van der Waals surface area contributed by atoms with Crippen molar-refractivity contribution >= 4 is 17.0 Å². The highest BCUT2D eigenvalue weighted by Gasteiger charge is 2.11. The molecule has 0 aromatic carbocycles. The molecule has 2 rings (SSSR count). The molecule has 0 atom stereocenters. The van der Waals surface area contributed by atoms with E-state index in [2.05, 4.69) is 10.1 Å². The van der Waals surface area contributed by atoms with Gasteiger partial charge in [-0.1, -0.05) is 0 Å². The molecule has 0 aliphatic rings. The van der Waals surface area contributed by atoms with Crippen molar-refractivity contribution in [2.75, 3.05) is 12.8 Å². The van der Waals surface area contributed by atoms with Crippen LogP contribution in [0.5, 0.6) is 0 Å². The van der Waals surface area contributed by atoms with Crippen molar-refractivity contribution in [2.24, 2.45) is 7.05 Å². The van der Waals surface area contributed by atoms with Crippen molar-refractivity contribution in [3.63, 3.8) is 0 Å². The molecular weight excluding hydrogens is 212 g/mol. The van der Waals surface area contributed by atoms with E-state index in [4.69, 9.17) is 10.5 Å². The normalized spacial score (nSPS) is 10.8. The van der Waals surface area contributed by atoms with Gasteiger partial charge in [0, 0.05) is 19.5 Å². The van der Waals surface area contributed by atoms with Crippen LogP contribution in [0.2, 0.25) is 0 Å². The number of thiazole rings is 1. The fourth-order valence-corrected chi connectivity index (χ4v) is 2.13. The van der Waals surface area contributed by atoms with Crippen LogP contribution in [-0.4, -0.2) is 21.9 Å². The van der Waals surface area contributed by atoms with Crippen molar-refractivity contribution in [3.8, 4) is 11.4 Å². The van der Waals surface area contributed by atoms with E-state index < -0.39 is 0 Å². The van der Waals surface area contributed by atoms with Crippen LogP contribution in [-0.2, 0) is 18.4 Å². The molecule has 0 spiro atoms. The molecule has 0 aliphatic carbocycles. The Morgan fingerprint density at radius 3 is 3.00 bits per heavy atom. The second kappa shape index (κ2) is 4.00. The van der Waals surface area contributed by atoms with E-state index in [9.17, 15) is 0 Å². The molecule has 2 N–H and O–H groups in total. The zero-order chi connectivity index (χ0) is 10.8. The minimum atomic E-state index is 0.530. The lowest BCUT2D eigenvalue weighted by molar-refractivity contribution is 0.184. The number of anilines is 1. The number of aryl methyl sites for hydroxylation is 1. The Labute approximate surface area is 91.5 Å². The molecule has 2 heterocycles. The fraction of sp³-hybridized carbons (Fsp3) is 0.333. The molecule has 80 valence electrons. The summed E-state index contributed by atoms with van der Waals surface area (Å²) >= 11 is 1.56. The number of methoxy groups -OCH3 is 1. The third-order valence-electron chi connectivity index (χ3n) is 2.03. The van der Waals surface area contributed by atoms with Crippen LogP contribution in [0.3, 0.4) is 0 Å². The van der Waals surface area contributed by atoms with Gasteiger partial charge in [0.1, 0.15) is 16.4 Å². The van der Waals surface area contributed by atoms with Crippen molar-refractivity contribution in [2.45, 2.75) is 6.61 Å². The maximum atomic E-state index is 5.81. The van der Waals surface area contributed by atoms with Crippen LogP contribution in [0, 0.1) is 0 Å². The zero-order valence-corrected chi connectivity index (χ0v) is 9.41. The maximum absolute atomic E-state index is 5.81. The first-order valence-electron chi connectivity index (χ1n) is 4.43. The van der Waals surface area contributed by atoms with Crippen LogP contribution in [0.4, 0.5) is 5.69 Å². The third-order valence-corrected chi connectivity index (χ3v) is 2.85. The van der Waals surface area contributed by atoms with Crippen LogP contribution >= 0.6 is 11.3 Å². The fourth-order valence-electron chi connectivity index (χ4n) is 1.38. The first kappa shape index (κ1) is 10.1. The zero-order valence-electron chi connectivity index (χ0n) is 8.60. The highest BCUT2D eigenvalue weighted by Crippen LogP contribution is 2.26. The van der Waals surface area contributed by atoms with Gasteiger partial charge in [-0.25, -0.2) is 4.98 Å². The van der Waals surface area contributed by atoms with Crippen molar-refractivity contribution in [1.29, 1.82) is 0 Å². The molecule has 0 fully saturated rings. The molecule has 0 bridgehead atoms. The summed E-state index contributed by atoms with van der Waals surface area (Å²) in [4.78, 5) is 4.42. The number of hydrogen-bond donors (Lipinski definition) is 1. The Kier molecular flexibility index (Phi) is 2.70. The molecule has 0 radical (unpaired) electrons. The number of rotatable bonds is 3. The van der Waals surface area contributed by atoms with Gasteiger partial charge in [-0.2, -0.15) is 5.10 Å². The highest BCUT2D eigenvalue weighted by molar-refractivity contribution is 7.09. The number of ether oxygens (including phenoxy) is 1. The quantitative estimate of drug-likeness (QED) is 0.852. The minimum absolute atomic E-state index is 0.530. The van der Waals surface area contributed by atoms with Crippen molar-refractivity contribution in [1.82, 2.24) is 14.8 Å². The van der Waals surface area contributed by atoms with Gasteiger partial charge >= 0.3 is 0 Å². The summed E-state index contributed by atoms with van der Waals surface area (Å²) in [5.74, 6) is 0. The molecule has 15 heavy (non-hydrogen) atoms. The van der Waals surface area contributed by atoms with E-state index in [0.29, 0.717) is 12.3 Å². The Hall–Kier alpha value is -1.40. The molecule has 6 heteroatoms. The first-order chi connectivity index (χ1) is 7.22. The average Bonchev–Trinajstić information content (AvgIpc) is 2.75. The molecule has 0 saturated heterocycles. The molecule has 0 saturated carbocycles. The summed E-state index contributed by atoms with van der Waals surface area (Å²) in [6.45, 7) is 0.530. The van der Waals surface area contributed by atoms with Crippen LogP contribution in [0.1, 0.15) is 5.01 Å². The largest absolute Gasteiger partial charge is 0.396 e. The lowest BCUT2D eigenvalue weighted by atomic mass is 10.3. The summed E-state index contributed by atoms with van der Waals surface area (Å²) < 4.78 is 6.74. The van der Waals surface area contributed by atoms with Crippen LogP contribution < -0.4 is 5.73 Å². The number of hydrogen-bond acceptors (Lipinski definition) is 5. The second-order valence-electron chi connectivity index (χ2n) is 3.13. The molecular formula is C9H12N4OS. The minimum Gasteiger partial charge on any atom is -0.396 e. The average molecular weight is 224 g/mol. The Bertz CT molecular complexity index is 443. The van der Waals surface area contributed by atoms with Gasteiger partial charge in [-0.3, -0.25) is 4.68 Å². The van der Waals surface area contributed by atoms with Crippen LogP contribution in [0.15, 0.2) is 11.6 Å². The topological polar surface area (TPSA) is 66.0 Å². The van der Waals surface area contributed by atoms with Gasteiger partial charge in [0.15, 0.2) is 0 Å². The van der Waals surface area contributed by atoms with Gasteiger partial charge in [0.05, 0.1) is 18.5 Å². The number of nitrogens with zero attached hydrogens (tertiary/aromatic N) is 3. The highest BCUT2D eigenvalue weighted by atomic mass is 32.1. The monoisotopic (exact) mass is 224 g/mol. The van der Waals surface area contributed by atoms with E-state index in [1.54, 1.807) is 29.3 Å². The molecule has 2 aromatic heterocycles. The Morgan fingerprint density at radius 2 is 2.40 bits per heavy atom. The molecule has 0 unspecified atom stereocenters.